The van der Waals surface area contributed by atoms with Gasteiger partial charge in [-0.05, 0) is 49.0 Å². The van der Waals surface area contributed by atoms with Gasteiger partial charge in [-0.1, -0.05) is 32.1 Å². The summed E-state index contributed by atoms with van der Waals surface area (Å²) in [6, 6.07) is 0. The molecule has 3 heterocycles. The normalized spacial score (nSPS) is 25.9. The van der Waals surface area contributed by atoms with Crippen molar-refractivity contribution in [3.8, 4) is 0 Å². The van der Waals surface area contributed by atoms with Gasteiger partial charge < -0.3 is 9.80 Å². The topological polar surface area (TPSA) is 84.2 Å². The van der Waals surface area contributed by atoms with Crippen molar-refractivity contribution in [3.05, 3.63) is 5.82 Å². The molecule has 8 nitrogen and oxygen atoms in total. The molecule has 2 aliphatic heterocycles. The van der Waals surface area contributed by atoms with Crippen LogP contribution in [0.25, 0.3) is 0 Å². The summed E-state index contributed by atoms with van der Waals surface area (Å²) in [5, 5.41) is 11.4. The highest BCUT2D eigenvalue weighted by Crippen LogP contribution is 2.40. The first-order valence-electron chi connectivity index (χ1n) is 11.4. The van der Waals surface area contributed by atoms with Crippen LogP contribution in [-0.2, 0) is 16.1 Å². The number of rotatable bonds is 6. The van der Waals surface area contributed by atoms with E-state index in [1.54, 1.807) is 4.68 Å². The van der Waals surface area contributed by atoms with Crippen molar-refractivity contribution in [2.24, 2.45) is 11.3 Å². The molecule has 1 atom stereocenters. The van der Waals surface area contributed by atoms with E-state index in [4.69, 9.17) is 0 Å². The van der Waals surface area contributed by atoms with E-state index >= 15 is 0 Å². The van der Waals surface area contributed by atoms with E-state index in [0.717, 1.165) is 44.7 Å². The molecule has 1 aromatic heterocycles. The van der Waals surface area contributed by atoms with Gasteiger partial charge in [0, 0.05) is 32.6 Å². The first-order valence-corrected chi connectivity index (χ1v) is 11.4. The van der Waals surface area contributed by atoms with Crippen molar-refractivity contribution in [1.29, 1.82) is 0 Å². The van der Waals surface area contributed by atoms with Crippen LogP contribution in [0.15, 0.2) is 0 Å². The molecule has 0 aromatic carbocycles. The molecule has 2 amide bonds. The number of aryl methyl sites for hydroxylation is 2. The molecule has 0 N–H and O–H groups in total. The lowest BCUT2D eigenvalue weighted by Gasteiger charge is -2.40. The van der Waals surface area contributed by atoms with Crippen LogP contribution in [0.2, 0.25) is 0 Å². The van der Waals surface area contributed by atoms with Crippen molar-refractivity contribution in [3.63, 3.8) is 0 Å². The maximum atomic E-state index is 13.3. The lowest BCUT2D eigenvalue weighted by Crippen LogP contribution is -2.50. The third kappa shape index (κ3) is 4.46. The molecule has 3 aliphatic rings. The van der Waals surface area contributed by atoms with E-state index < -0.39 is 0 Å². The van der Waals surface area contributed by atoms with Crippen LogP contribution in [0.3, 0.4) is 0 Å². The summed E-state index contributed by atoms with van der Waals surface area (Å²) in [5.41, 5.74) is -0.342. The minimum Gasteiger partial charge on any atom is -0.342 e. The quantitative estimate of drug-likeness (QED) is 0.728. The van der Waals surface area contributed by atoms with E-state index in [1.165, 1.54) is 32.1 Å². The van der Waals surface area contributed by atoms with Crippen LogP contribution >= 0.6 is 0 Å². The van der Waals surface area contributed by atoms with Crippen molar-refractivity contribution < 1.29 is 9.59 Å². The number of amides is 2. The maximum absolute atomic E-state index is 13.3. The number of hydrogen-bond acceptors (Lipinski definition) is 5. The Labute approximate surface area is 173 Å². The van der Waals surface area contributed by atoms with Gasteiger partial charge in [0.1, 0.15) is 5.82 Å². The fourth-order valence-corrected chi connectivity index (χ4v) is 5.46. The number of hydrogen-bond donors (Lipinski definition) is 0. The van der Waals surface area contributed by atoms with E-state index in [-0.39, 0.29) is 11.3 Å². The summed E-state index contributed by atoms with van der Waals surface area (Å²) >= 11 is 0. The summed E-state index contributed by atoms with van der Waals surface area (Å²) in [6.07, 6.45) is 11.0. The van der Waals surface area contributed by atoms with E-state index in [9.17, 15) is 9.59 Å². The highest BCUT2D eigenvalue weighted by Gasteiger charge is 2.49. The molecule has 29 heavy (non-hydrogen) atoms. The van der Waals surface area contributed by atoms with Crippen LogP contribution in [0.1, 0.15) is 70.0 Å². The summed E-state index contributed by atoms with van der Waals surface area (Å²) in [5.74, 6) is 1.91. The molecule has 1 saturated carbocycles. The van der Waals surface area contributed by atoms with Gasteiger partial charge >= 0.3 is 0 Å². The largest absolute Gasteiger partial charge is 0.342 e. The molecular formula is C21H34N6O2. The smallest absolute Gasteiger partial charge is 0.230 e. The van der Waals surface area contributed by atoms with E-state index in [0.29, 0.717) is 37.8 Å². The Balaban J connectivity index is 1.30. The number of carbonyl (C=O) groups excluding carboxylic acids is 2. The third-order valence-electron chi connectivity index (χ3n) is 7.31. The molecule has 1 spiro atoms. The molecule has 1 unspecified atom stereocenters. The van der Waals surface area contributed by atoms with Gasteiger partial charge in [-0.25, -0.2) is 4.68 Å². The molecule has 3 fully saturated rings. The van der Waals surface area contributed by atoms with Crippen LogP contribution in [0, 0.1) is 18.3 Å². The summed E-state index contributed by atoms with van der Waals surface area (Å²) in [7, 11) is 0. The standard InChI is InChI=1S/C21H34N6O2/c1-17-22-23-24-27(17)14-9-19(28)26-15-11-21(16-26)10-5-12-25(20(21)29)13-8-18-6-3-2-4-7-18/h18H,2-16H2,1H3. The Hall–Kier alpha value is -1.99. The average Bonchev–Trinajstić information content (AvgIpc) is 3.35. The summed E-state index contributed by atoms with van der Waals surface area (Å²) < 4.78 is 1.66. The molecule has 0 bridgehead atoms. The third-order valence-corrected chi connectivity index (χ3v) is 7.31. The molecule has 160 valence electrons. The van der Waals surface area contributed by atoms with E-state index in [2.05, 4.69) is 20.4 Å². The fourth-order valence-electron chi connectivity index (χ4n) is 5.46. The Bertz CT molecular complexity index is 729. The van der Waals surface area contributed by atoms with Crippen molar-refractivity contribution in [2.45, 2.75) is 77.7 Å². The minimum absolute atomic E-state index is 0.101. The predicted octanol–water partition coefficient (Wildman–Crippen LogP) is 2.18. The monoisotopic (exact) mass is 402 g/mol. The van der Waals surface area contributed by atoms with Crippen LogP contribution in [0.4, 0.5) is 0 Å². The van der Waals surface area contributed by atoms with Crippen molar-refractivity contribution in [1.82, 2.24) is 30.0 Å². The molecule has 2 saturated heterocycles. The number of likely N-dealkylation sites (tertiary alicyclic amines) is 2. The minimum atomic E-state index is -0.342. The van der Waals surface area contributed by atoms with Crippen molar-refractivity contribution in [2.75, 3.05) is 26.2 Å². The zero-order valence-electron chi connectivity index (χ0n) is 17.7. The molecule has 4 rings (SSSR count). The maximum Gasteiger partial charge on any atom is 0.230 e. The Morgan fingerprint density at radius 3 is 2.69 bits per heavy atom. The van der Waals surface area contributed by atoms with Gasteiger partial charge in [0.05, 0.1) is 12.0 Å². The molecule has 0 radical (unpaired) electrons. The summed E-state index contributed by atoms with van der Waals surface area (Å²) in [4.78, 5) is 30.1. The number of tetrazole rings is 1. The second kappa shape index (κ2) is 8.79. The zero-order chi connectivity index (χ0) is 20.3. The Kier molecular flexibility index (Phi) is 6.15. The fraction of sp³-hybridized carbons (Fsp3) is 0.857. The second-order valence-corrected chi connectivity index (χ2v) is 9.23. The zero-order valence-corrected chi connectivity index (χ0v) is 17.7. The van der Waals surface area contributed by atoms with Gasteiger partial charge in [0.15, 0.2) is 0 Å². The average molecular weight is 403 g/mol. The number of piperidine rings is 1. The van der Waals surface area contributed by atoms with Gasteiger partial charge in [-0.15, -0.1) is 5.10 Å². The Morgan fingerprint density at radius 2 is 1.93 bits per heavy atom. The molecule has 1 aliphatic carbocycles. The summed E-state index contributed by atoms with van der Waals surface area (Å²) in [6.45, 7) is 5.38. The van der Waals surface area contributed by atoms with Gasteiger partial charge in [0.2, 0.25) is 11.8 Å². The lowest BCUT2D eigenvalue weighted by molar-refractivity contribution is -0.146. The van der Waals surface area contributed by atoms with Crippen LogP contribution < -0.4 is 0 Å². The van der Waals surface area contributed by atoms with Crippen LogP contribution in [-0.4, -0.2) is 68.0 Å². The van der Waals surface area contributed by atoms with E-state index in [1.807, 2.05) is 11.8 Å². The number of aromatic nitrogens is 4. The van der Waals surface area contributed by atoms with Gasteiger partial charge in [-0.3, -0.25) is 9.59 Å². The molecule has 1 aromatic rings. The first-order chi connectivity index (χ1) is 14.1. The van der Waals surface area contributed by atoms with Gasteiger partial charge in [0.25, 0.3) is 0 Å². The number of nitrogens with zero attached hydrogens (tertiary/aromatic N) is 6. The van der Waals surface area contributed by atoms with Gasteiger partial charge in [-0.2, -0.15) is 0 Å². The number of carbonyl (C=O) groups is 2. The van der Waals surface area contributed by atoms with Crippen LogP contribution in [0.5, 0.6) is 0 Å². The highest BCUT2D eigenvalue weighted by atomic mass is 16.2. The second-order valence-electron chi connectivity index (χ2n) is 9.23. The highest BCUT2D eigenvalue weighted by molar-refractivity contribution is 5.86. The lowest BCUT2D eigenvalue weighted by atomic mass is 9.78. The predicted molar refractivity (Wildman–Crippen MR) is 108 cm³/mol. The Morgan fingerprint density at radius 1 is 1.10 bits per heavy atom. The molecular weight excluding hydrogens is 368 g/mol. The van der Waals surface area contributed by atoms with Crippen molar-refractivity contribution >= 4 is 11.8 Å². The molecule has 8 heteroatoms. The first kappa shape index (κ1) is 20.3. The SMILES string of the molecule is Cc1nnnn1CCC(=O)N1CCC2(CCCN(CCC3CCCCC3)C2=O)C1.